The van der Waals surface area contributed by atoms with E-state index in [0.717, 1.165) is 0 Å². The fraction of sp³-hybridized carbons (Fsp3) is 1.00. The highest BCUT2D eigenvalue weighted by molar-refractivity contribution is 7.89. The van der Waals surface area contributed by atoms with Gasteiger partial charge in [0.25, 0.3) is 0 Å². The van der Waals surface area contributed by atoms with Gasteiger partial charge in [-0.3, -0.25) is 0 Å². The molecule has 1 atom stereocenters. The van der Waals surface area contributed by atoms with Crippen LogP contribution >= 0.6 is 0 Å². The second kappa shape index (κ2) is 4.20. The smallest absolute Gasteiger partial charge is 0.215 e. The normalized spacial score (nSPS) is 15.6. The molecule has 0 spiro atoms. The van der Waals surface area contributed by atoms with Crippen LogP contribution in [0.25, 0.3) is 0 Å². The lowest BCUT2D eigenvalue weighted by Gasteiger charge is -2.18. The molecule has 0 amide bonds. The Bertz CT molecular complexity index is 222. The van der Waals surface area contributed by atoms with Crippen molar-refractivity contribution in [1.29, 1.82) is 0 Å². The predicted octanol–water partition coefficient (Wildman–Crippen LogP) is -0.139. The van der Waals surface area contributed by atoms with Gasteiger partial charge in [0.05, 0.1) is 5.75 Å². The molecular weight excluding hydrogens is 176 g/mol. The molecule has 5 heteroatoms. The van der Waals surface area contributed by atoms with Crippen LogP contribution in [0.1, 0.15) is 13.8 Å². The SMILES string of the molecule is CC(C)C(N)CS(=O)(=O)N(C)C. The minimum Gasteiger partial charge on any atom is -0.326 e. The number of nitrogens with two attached hydrogens (primary N) is 1. The van der Waals surface area contributed by atoms with E-state index in [1.54, 1.807) is 0 Å². The highest BCUT2D eigenvalue weighted by Gasteiger charge is 2.20. The first-order chi connectivity index (χ1) is 5.27. The molecule has 0 aliphatic heterocycles. The Kier molecular flexibility index (Phi) is 4.16. The van der Waals surface area contributed by atoms with Crippen LogP contribution in [-0.2, 0) is 10.0 Å². The molecule has 1 unspecified atom stereocenters. The van der Waals surface area contributed by atoms with Gasteiger partial charge < -0.3 is 5.73 Å². The van der Waals surface area contributed by atoms with Crippen LogP contribution in [0.2, 0.25) is 0 Å². The fourth-order valence-electron chi connectivity index (χ4n) is 0.585. The maximum atomic E-state index is 11.3. The zero-order valence-electron chi connectivity index (χ0n) is 8.11. The van der Waals surface area contributed by atoms with Gasteiger partial charge in [-0.2, -0.15) is 0 Å². The molecule has 0 aromatic heterocycles. The standard InChI is InChI=1S/C7H18N2O2S/c1-6(2)7(8)5-12(10,11)9(3)4/h6-7H,5,8H2,1-4H3. The van der Waals surface area contributed by atoms with Crippen LogP contribution in [0.3, 0.4) is 0 Å². The lowest BCUT2D eigenvalue weighted by Crippen LogP contribution is -2.39. The van der Waals surface area contributed by atoms with E-state index in [4.69, 9.17) is 5.73 Å². The summed E-state index contributed by atoms with van der Waals surface area (Å²) in [6.45, 7) is 3.83. The fourth-order valence-corrected chi connectivity index (χ4v) is 1.75. The first-order valence-electron chi connectivity index (χ1n) is 3.93. The summed E-state index contributed by atoms with van der Waals surface area (Å²) < 4.78 is 23.8. The molecule has 0 aromatic rings. The van der Waals surface area contributed by atoms with Crippen LogP contribution in [0.15, 0.2) is 0 Å². The van der Waals surface area contributed by atoms with Gasteiger partial charge in [-0.25, -0.2) is 12.7 Å². The highest BCUT2D eigenvalue weighted by atomic mass is 32.2. The Labute approximate surface area is 74.8 Å². The maximum Gasteiger partial charge on any atom is 0.215 e. The van der Waals surface area contributed by atoms with Gasteiger partial charge in [0, 0.05) is 20.1 Å². The molecular formula is C7H18N2O2S. The molecule has 0 aliphatic carbocycles. The number of rotatable bonds is 4. The quantitative estimate of drug-likeness (QED) is 0.677. The summed E-state index contributed by atoms with van der Waals surface area (Å²) in [7, 11) is -0.102. The van der Waals surface area contributed by atoms with Crippen molar-refractivity contribution in [1.82, 2.24) is 4.31 Å². The third-order valence-corrected chi connectivity index (χ3v) is 3.73. The van der Waals surface area contributed by atoms with E-state index in [-0.39, 0.29) is 17.7 Å². The third-order valence-electron chi connectivity index (χ3n) is 1.82. The zero-order chi connectivity index (χ0) is 9.94. The number of sulfonamides is 1. The Balaban J connectivity index is 4.27. The summed E-state index contributed by atoms with van der Waals surface area (Å²) in [5, 5.41) is 0. The van der Waals surface area contributed by atoms with E-state index in [0.29, 0.717) is 0 Å². The van der Waals surface area contributed by atoms with Gasteiger partial charge >= 0.3 is 0 Å². The second-order valence-corrected chi connectivity index (χ2v) is 5.70. The van der Waals surface area contributed by atoms with E-state index in [9.17, 15) is 8.42 Å². The number of nitrogens with zero attached hydrogens (tertiary/aromatic N) is 1. The van der Waals surface area contributed by atoms with Crippen molar-refractivity contribution in [3.63, 3.8) is 0 Å². The van der Waals surface area contributed by atoms with E-state index >= 15 is 0 Å². The molecule has 0 aliphatic rings. The van der Waals surface area contributed by atoms with Crippen molar-refractivity contribution in [2.45, 2.75) is 19.9 Å². The van der Waals surface area contributed by atoms with Crippen molar-refractivity contribution < 1.29 is 8.42 Å². The van der Waals surface area contributed by atoms with Gasteiger partial charge in [-0.15, -0.1) is 0 Å². The molecule has 4 nitrogen and oxygen atoms in total. The molecule has 2 N–H and O–H groups in total. The third kappa shape index (κ3) is 3.51. The maximum absolute atomic E-state index is 11.3. The molecule has 74 valence electrons. The Morgan fingerprint density at radius 1 is 1.33 bits per heavy atom. The minimum atomic E-state index is -3.13. The number of hydrogen-bond acceptors (Lipinski definition) is 3. The van der Waals surface area contributed by atoms with Crippen LogP contribution < -0.4 is 5.73 Å². The summed E-state index contributed by atoms with van der Waals surface area (Å²) in [6, 6.07) is -0.280. The second-order valence-electron chi connectivity index (χ2n) is 3.47. The molecule has 12 heavy (non-hydrogen) atoms. The van der Waals surface area contributed by atoms with Gasteiger partial charge in [0.15, 0.2) is 0 Å². The molecule has 0 heterocycles. The van der Waals surface area contributed by atoms with Gasteiger partial charge in [-0.1, -0.05) is 13.8 Å². The largest absolute Gasteiger partial charge is 0.326 e. The van der Waals surface area contributed by atoms with E-state index < -0.39 is 10.0 Å². The lowest BCUT2D eigenvalue weighted by molar-refractivity contribution is 0.484. The van der Waals surface area contributed by atoms with Crippen molar-refractivity contribution in [3.05, 3.63) is 0 Å². The monoisotopic (exact) mass is 194 g/mol. The van der Waals surface area contributed by atoms with Crippen molar-refractivity contribution >= 4 is 10.0 Å². The average Bonchev–Trinajstić information content (AvgIpc) is 1.85. The zero-order valence-corrected chi connectivity index (χ0v) is 8.93. The molecule has 0 bridgehead atoms. The molecule has 0 saturated heterocycles. The minimum absolute atomic E-state index is 0.0255. The van der Waals surface area contributed by atoms with Gasteiger partial charge in [0.2, 0.25) is 10.0 Å². The average molecular weight is 194 g/mol. The van der Waals surface area contributed by atoms with Crippen LogP contribution in [-0.4, -0.2) is 38.6 Å². The lowest BCUT2D eigenvalue weighted by atomic mass is 10.1. The summed E-state index contributed by atoms with van der Waals surface area (Å²) in [5.41, 5.74) is 5.63. The highest BCUT2D eigenvalue weighted by Crippen LogP contribution is 2.04. The van der Waals surface area contributed by atoms with E-state index in [1.165, 1.54) is 18.4 Å². The van der Waals surface area contributed by atoms with Gasteiger partial charge in [-0.05, 0) is 5.92 Å². The Hall–Kier alpha value is -0.130. The first-order valence-corrected chi connectivity index (χ1v) is 5.54. The molecule has 0 aromatic carbocycles. The van der Waals surface area contributed by atoms with Crippen LogP contribution in [0.5, 0.6) is 0 Å². The van der Waals surface area contributed by atoms with Crippen LogP contribution in [0, 0.1) is 5.92 Å². The molecule has 0 saturated carbocycles. The first kappa shape index (κ1) is 11.9. The Morgan fingerprint density at radius 2 is 1.75 bits per heavy atom. The van der Waals surface area contributed by atoms with Crippen molar-refractivity contribution in [3.8, 4) is 0 Å². The molecule has 0 fully saturated rings. The van der Waals surface area contributed by atoms with Crippen molar-refractivity contribution in [2.75, 3.05) is 19.8 Å². The summed E-state index contributed by atoms with van der Waals surface area (Å²) in [4.78, 5) is 0. The molecule has 0 radical (unpaired) electrons. The van der Waals surface area contributed by atoms with E-state index in [1.807, 2.05) is 13.8 Å². The number of hydrogen-bond donors (Lipinski definition) is 1. The van der Waals surface area contributed by atoms with Gasteiger partial charge in [0.1, 0.15) is 0 Å². The summed E-state index contributed by atoms with van der Waals surface area (Å²) >= 11 is 0. The topological polar surface area (TPSA) is 63.4 Å². The Morgan fingerprint density at radius 3 is 2.00 bits per heavy atom. The van der Waals surface area contributed by atoms with Crippen molar-refractivity contribution in [2.24, 2.45) is 11.7 Å². The summed E-state index contributed by atoms with van der Waals surface area (Å²) in [5.74, 6) is 0.220. The summed E-state index contributed by atoms with van der Waals surface area (Å²) in [6.07, 6.45) is 0. The predicted molar refractivity (Wildman–Crippen MR) is 50.3 cm³/mol. The molecule has 0 rings (SSSR count). The van der Waals surface area contributed by atoms with E-state index in [2.05, 4.69) is 0 Å². The van der Waals surface area contributed by atoms with Crippen LogP contribution in [0.4, 0.5) is 0 Å².